The molecular formula is C8H14N4O3. The Balaban J connectivity index is 2.15. The lowest BCUT2D eigenvalue weighted by Crippen LogP contribution is -2.39. The summed E-state index contributed by atoms with van der Waals surface area (Å²) < 4.78 is 0. The van der Waals surface area contributed by atoms with E-state index in [1.54, 1.807) is 0 Å². The fourth-order valence-electron chi connectivity index (χ4n) is 2.59. The molecule has 2 saturated heterocycles. The van der Waals surface area contributed by atoms with E-state index < -0.39 is 24.4 Å². The highest BCUT2D eigenvalue weighted by Crippen LogP contribution is 2.33. The molecular weight excluding hydrogens is 200 g/mol. The fourth-order valence-corrected chi connectivity index (χ4v) is 2.59. The Morgan fingerprint density at radius 3 is 2.73 bits per heavy atom. The second-order valence-electron chi connectivity index (χ2n) is 4.05. The van der Waals surface area contributed by atoms with Gasteiger partial charge in [-0.05, 0) is 12.0 Å². The molecule has 0 aromatic heterocycles. The van der Waals surface area contributed by atoms with Crippen molar-refractivity contribution < 1.29 is 15.3 Å². The van der Waals surface area contributed by atoms with Crippen LogP contribution in [0, 0.1) is 0 Å². The minimum absolute atomic E-state index is 0.123. The van der Waals surface area contributed by atoms with Crippen LogP contribution in [0.2, 0.25) is 0 Å². The van der Waals surface area contributed by atoms with Gasteiger partial charge in [-0.2, -0.15) is 0 Å². The molecule has 2 heterocycles. The molecule has 0 aromatic carbocycles. The molecule has 0 aromatic rings. The second-order valence-corrected chi connectivity index (χ2v) is 4.05. The van der Waals surface area contributed by atoms with Crippen molar-refractivity contribution in [2.45, 2.75) is 36.8 Å². The molecule has 0 spiro atoms. The number of azide groups is 1. The standard InChI is InChI=1S/C8H14N4O3/c9-11-10-3-4-7(14)8(15)6-5(13)1-2-12(4)6/h4-8,13-15H,1-3H2/t4-,5+,6-,7-,8-/m1/s1. The van der Waals surface area contributed by atoms with Crippen LogP contribution in [-0.2, 0) is 0 Å². The van der Waals surface area contributed by atoms with Crippen molar-refractivity contribution in [3.05, 3.63) is 10.4 Å². The fraction of sp³-hybridized carbons (Fsp3) is 1.00. The number of rotatable bonds is 2. The molecule has 0 saturated carbocycles. The van der Waals surface area contributed by atoms with E-state index in [-0.39, 0.29) is 12.6 Å². The number of nitrogens with zero attached hydrogens (tertiary/aromatic N) is 4. The molecule has 2 aliphatic heterocycles. The first-order valence-electron chi connectivity index (χ1n) is 4.97. The van der Waals surface area contributed by atoms with Gasteiger partial charge in [0.15, 0.2) is 0 Å². The zero-order valence-electron chi connectivity index (χ0n) is 8.14. The normalized spacial score (nSPS) is 45.1. The molecule has 0 unspecified atom stereocenters. The van der Waals surface area contributed by atoms with E-state index in [9.17, 15) is 15.3 Å². The van der Waals surface area contributed by atoms with Crippen LogP contribution in [0.3, 0.4) is 0 Å². The molecule has 2 aliphatic rings. The predicted molar refractivity (Wildman–Crippen MR) is 50.9 cm³/mol. The molecule has 84 valence electrons. The zero-order valence-corrected chi connectivity index (χ0v) is 8.14. The van der Waals surface area contributed by atoms with Gasteiger partial charge in [-0.3, -0.25) is 4.90 Å². The van der Waals surface area contributed by atoms with E-state index in [0.717, 1.165) is 0 Å². The molecule has 2 fully saturated rings. The lowest BCUT2D eigenvalue weighted by molar-refractivity contribution is 0.00390. The Kier molecular flexibility index (Phi) is 2.81. The average molecular weight is 214 g/mol. The van der Waals surface area contributed by atoms with Crippen molar-refractivity contribution in [3.63, 3.8) is 0 Å². The van der Waals surface area contributed by atoms with Crippen LogP contribution in [0.15, 0.2) is 5.11 Å². The third-order valence-electron chi connectivity index (χ3n) is 3.31. The molecule has 15 heavy (non-hydrogen) atoms. The first-order valence-corrected chi connectivity index (χ1v) is 4.97. The number of hydrogen-bond donors (Lipinski definition) is 3. The molecule has 0 radical (unpaired) electrons. The van der Waals surface area contributed by atoms with Gasteiger partial charge in [0.1, 0.15) is 0 Å². The van der Waals surface area contributed by atoms with E-state index in [1.807, 2.05) is 4.90 Å². The molecule has 5 atom stereocenters. The molecule has 2 rings (SSSR count). The Labute approximate surface area is 86.6 Å². The van der Waals surface area contributed by atoms with Crippen molar-refractivity contribution in [2.75, 3.05) is 13.1 Å². The van der Waals surface area contributed by atoms with E-state index in [1.165, 1.54) is 0 Å². The molecule has 7 heteroatoms. The zero-order chi connectivity index (χ0) is 11.0. The Hall–Kier alpha value is -0.850. The van der Waals surface area contributed by atoms with Gasteiger partial charge < -0.3 is 15.3 Å². The van der Waals surface area contributed by atoms with Crippen LogP contribution in [-0.4, -0.2) is 63.7 Å². The Morgan fingerprint density at radius 1 is 1.33 bits per heavy atom. The maximum absolute atomic E-state index is 9.72. The van der Waals surface area contributed by atoms with Crippen molar-refractivity contribution in [2.24, 2.45) is 5.11 Å². The lowest BCUT2D eigenvalue weighted by Gasteiger charge is -2.22. The Morgan fingerprint density at radius 2 is 2.07 bits per heavy atom. The summed E-state index contributed by atoms with van der Waals surface area (Å²) in [5, 5.41) is 32.5. The summed E-state index contributed by atoms with van der Waals surface area (Å²) in [6.45, 7) is 0.740. The summed E-state index contributed by atoms with van der Waals surface area (Å²) in [6, 6.07) is -0.794. The second kappa shape index (κ2) is 3.96. The number of hydrogen-bond acceptors (Lipinski definition) is 5. The largest absolute Gasteiger partial charge is 0.391 e. The van der Waals surface area contributed by atoms with Gasteiger partial charge in [0.2, 0.25) is 0 Å². The molecule has 7 nitrogen and oxygen atoms in total. The van der Waals surface area contributed by atoms with E-state index in [0.29, 0.717) is 13.0 Å². The van der Waals surface area contributed by atoms with E-state index >= 15 is 0 Å². The third kappa shape index (κ3) is 1.58. The minimum atomic E-state index is -0.957. The van der Waals surface area contributed by atoms with Crippen molar-refractivity contribution in [3.8, 4) is 0 Å². The maximum atomic E-state index is 9.72. The van der Waals surface area contributed by atoms with E-state index in [2.05, 4.69) is 10.0 Å². The molecule has 0 aliphatic carbocycles. The van der Waals surface area contributed by atoms with Crippen molar-refractivity contribution >= 4 is 0 Å². The van der Waals surface area contributed by atoms with Crippen LogP contribution in [0.4, 0.5) is 0 Å². The summed E-state index contributed by atoms with van der Waals surface area (Å²) in [5.41, 5.74) is 8.22. The topological polar surface area (TPSA) is 113 Å². The van der Waals surface area contributed by atoms with Crippen LogP contribution in [0.25, 0.3) is 10.4 Å². The minimum Gasteiger partial charge on any atom is -0.391 e. The summed E-state index contributed by atoms with van der Waals surface area (Å²) in [4.78, 5) is 4.46. The van der Waals surface area contributed by atoms with Crippen LogP contribution >= 0.6 is 0 Å². The highest BCUT2D eigenvalue weighted by atomic mass is 16.3. The van der Waals surface area contributed by atoms with Crippen LogP contribution in [0.1, 0.15) is 6.42 Å². The monoisotopic (exact) mass is 214 g/mol. The lowest BCUT2D eigenvalue weighted by atomic mass is 10.0. The third-order valence-corrected chi connectivity index (χ3v) is 3.31. The van der Waals surface area contributed by atoms with Gasteiger partial charge in [0.05, 0.1) is 24.4 Å². The van der Waals surface area contributed by atoms with Gasteiger partial charge in [-0.1, -0.05) is 5.11 Å². The SMILES string of the molecule is [N-]=[N+]=NC[C@@H]1[C@@H](O)[C@H](O)[C@H]2[C@@H](O)CCN21. The van der Waals surface area contributed by atoms with E-state index in [4.69, 9.17) is 5.53 Å². The molecule has 0 amide bonds. The van der Waals surface area contributed by atoms with Crippen molar-refractivity contribution in [1.29, 1.82) is 0 Å². The first kappa shape index (κ1) is 10.7. The van der Waals surface area contributed by atoms with Crippen molar-refractivity contribution in [1.82, 2.24) is 4.90 Å². The van der Waals surface area contributed by atoms with Gasteiger partial charge in [0.25, 0.3) is 0 Å². The van der Waals surface area contributed by atoms with Gasteiger partial charge in [-0.15, -0.1) is 0 Å². The first-order chi connectivity index (χ1) is 7.16. The average Bonchev–Trinajstić information content (AvgIpc) is 2.69. The van der Waals surface area contributed by atoms with Crippen LogP contribution < -0.4 is 0 Å². The van der Waals surface area contributed by atoms with Crippen LogP contribution in [0.5, 0.6) is 0 Å². The number of fused-ring (bicyclic) bond motifs is 1. The number of aliphatic hydroxyl groups is 3. The van der Waals surface area contributed by atoms with Gasteiger partial charge in [0, 0.05) is 24.0 Å². The predicted octanol–water partition coefficient (Wildman–Crippen LogP) is -1.16. The summed E-state index contributed by atoms with van der Waals surface area (Å²) in [7, 11) is 0. The summed E-state index contributed by atoms with van der Waals surface area (Å²) in [6.07, 6.45) is -1.93. The van der Waals surface area contributed by atoms with Gasteiger partial charge in [-0.25, -0.2) is 0 Å². The van der Waals surface area contributed by atoms with Gasteiger partial charge >= 0.3 is 0 Å². The summed E-state index contributed by atoms with van der Waals surface area (Å²) >= 11 is 0. The summed E-state index contributed by atoms with van der Waals surface area (Å²) in [5.74, 6) is 0. The quantitative estimate of drug-likeness (QED) is 0.305. The molecule has 0 bridgehead atoms. The highest BCUT2D eigenvalue weighted by molar-refractivity contribution is 5.07. The number of aliphatic hydroxyl groups excluding tert-OH is 3. The maximum Gasteiger partial charge on any atom is 0.0994 e. The molecule has 3 N–H and O–H groups in total. The smallest absolute Gasteiger partial charge is 0.0994 e. The Bertz CT molecular complexity index is 294. The highest BCUT2D eigenvalue weighted by Gasteiger charge is 2.52.